The summed E-state index contributed by atoms with van der Waals surface area (Å²) in [4.78, 5) is 11.0. The number of hydrogen-bond donors (Lipinski definition) is 1. The number of benzene rings is 1. The topological polar surface area (TPSA) is 72.5 Å². The monoisotopic (exact) mass is 307 g/mol. The fourth-order valence-electron chi connectivity index (χ4n) is 1.46. The molecular formula is C12H15F2NO4S. The van der Waals surface area contributed by atoms with Crippen LogP contribution < -0.4 is 5.32 Å². The van der Waals surface area contributed by atoms with E-state index in [-0.39, 0.29) is 13.2 Å². The average molecular weight is 307 g/mol. The van der Waals surface area contributed by atoms with Gasteiger partial charge in [0, 0.05) is 19.7 Å². The summed E-state index contributed by atoms with van der Waals surface area (Å²) in [7, 11) is -2.79. The summed E-state index contributed by atoms with van der Waals surface area (Å²) >= 11 is 0. The number of carbonyl (C=O) groups is 1. The van der Waals surface area contributed by atoms with Crippen LogP contribution in [0.15, 0.2) is 23.1 Å². The lowest BCUT2D eigenvalue weighted by Crippen LogP contribution is -2.39. The zero-order chi connectivity index (χ0) is 15.3. The van der Waals surface area contributed by atoms with Gasteiger partial charge in [-0.05, 0) is 19.1 Å². The van der Waals surface area contributed by atoms with Crippen molar-refractivity contribution in [2.24, 2.45) is 0 Å². The minimum Gasteiger partial charge on any atom is -0.383 e. The Labute approximate surface area is 115 Å². The maximum Gasteiger partial charge on any atom is 0.238 e. The lowest BCUT2D eigenvalue weighted by molar-refractivity contribution is -0.120. The number of hydrogen-bond acceptors (Lipinski definition) is 4. The minimum absolute atomic E-state index is 0.140. The van der Waals surface area contributed by atoms with Gasteiger partial charge in [0.1, 0.15) is 21.8 Å². The van der Waals surface area contributed by atoms with Crippen molar-refractivity contribution in [1.82, 2.24) is 5.32 Å². The summed E-state index contributed by atoms with van der Waals surface area (Å²) in [6, 6.07) is 2.09. The van der Waals surface area contributed by atoms with Crippen molar-refractivity contribution in [3.63, 3.8) is 0 Å². The highest BCUT2D eigenvalue weighted by atomic mass is 32.2. The molecular weight excluding hydrogens is 292 g/mol. The number of nitrogens with one attached hydrogen (secondary N) is 1. The average Bonchev–Trinajstić information content (AvgIpc) is 2.37. The van der Waals surface area contributed by atoms with Crippen LogP contribution in [0.5, 0.6) is 0 Å². The first-order chi connectivity index (χ1) is 9.30. The van der Waals surface area contributed by atoms with Crippen LogP contribution in [0.4, 0.5) is 8.78 Å². The number of carbonyl (C=O) groups excluding carboxylic acids is 1. The van der Waals surface area contributed by atoms with Crippen LogP contribution >= 0.6 is 0 Å². The van der Waals surface area contributed by atoms with Gasteiger partial charge in [-0.2, -0.15) is 0 Å². The Morgan fingerprint density at radius 1 is 1.40 bits per heavy atom. The molecule has 1 aromatic rings. The van der Waals surface area contributed by atoms with Crippen LogP contribution in [-0.2, 0) is 19.4 Å². The molecule has 1 amide bonds. The quantitative estimate of drug-likeness (QED) is 0.626. The first kappa shape index (κ1) is 16.5. The number of methoxy groups -OCH3 is 1. The standard InChI is InChI=1S/C12H15F2NO4S/c1-8(12(16)15-5-6-19-2)20(17,18)11-4-3-9(13)7-10(11)14/h3-4,7-8H,5-6H2,1-2H3,(H,15,16). The second-order valence-corrected chi connectivity index (χ2v) is 6.28. The van der Waals surface area contributed by atoms with Gasteiger partial charge >= 0.3 is 0 Å². The molecule has 0 fully saturated rings. The summed E-state index contributed by atoms with van der Waals surface area (Å²) in [5.74, 6) is -2.88. The molecule has 20 heavy (non-hydrogen) atoms. The maximum absolute atomic E-state index is 13.5. The van der Waals surface area contributed by atoms with Gasteiger partial charge in [-0.1, -0.05) is 0 Å². The van der Waals surface area contributed by atoms with Crippen LogP contribution in [0.1, 0.15) is 6.92 Å². The van der Waals surface area contributed by atoms with E-state index in [1.807, 2.05) is 0 Å². The van der Waals surface area contributed by atoms with E-state index in [1.165, 1.54) is 7.11 Å². The molecule has 0 heterocycles. The summed E-state index contributed by atoms with van der Waals surface area (Å²) in [5, 5.41) is 0.864. The third kappa shape index (κ3) is 3.73. The molecule has 1 atom stereocenters. The van der Waals surface area contributed by atoms with Crippen molar-refractivity contribution < 1.29 is 26.7 Å². The van der Waals surface area contributed by atoms with E-state index in [0.29, 0.717) is 6.07 Å². The lowest BCUT2D eigenvalue weighted by Gasteiger charge is -2.13. The normalized spacial score (nSPS) is 13.0. The third-order valence-electron chi connectivity index (χ3n) is 2.64. The van der Waals surface area contributed by atoms with Crippen molar-refractivity contribution in [1.29, 1.82) is 0 Å². The molecule has 0 spiro atoms. The fourth-order valence-corrected chi connectivity index (χ4v) is 2.79. The van der Waals surface area contributed by atoms with Crippen molar-refractivity contribution in [2.75, 3.05) is 20.3 Å². The molecule has 8 heteroatoms. The van der Waals surface area contributed by atoms with Crippen molar-refractivity contribution >= 4 is 15.7 Å². The van der Waals surface area contributed by atoms with E-state index >= 15 is 0 Å². The Bertz CT molecular complexity index is 589. The summed E-state index contributed by atoms with van der Waals surface area (Å²) in [6.07, 6.45) is 0. The van der Waals surface area contributed by atoms with Gasteiger partial charge in [0.2, 0.25) is 5.91 Å². The highest BCUT2D eigenvalue weighted by Gasteiger charge is 2.31. The van der Waals surface area contributed by atoms with Crippen LogP contribution in [0.3, 0.4) is 0 Å². The van der Waals surface area contributed by atoms with Gasteiger partial charge in [-0.15, -0.1) is 0 Å². The molecule has 0 aromatic heterocycles. The Balaban J connectivity index is 2.95. The Kier molecular flexibility index (Phi) is 5.58. The van der Waals surface area contributed by atoms with Gasteiger partial charge in [0.15, 0.2) is 9.84 Å². The largest absolute Gasteiger partial charge is 0.383 e. The van der Waals surface area contributed by atoms with E-state index in [1.54, 1.807) is 0 Å². The maximum atomic E-state index is 13.5. The third-order valence-corrected chi connectivity index (χ3v) is 4.73. The molecule has 1 unspecified atom stereocenters. The molecule has 1 aromatic carbocycles. The van der Waals surface area contributed by atoms with Gasteiger partial charge < -0.3 is 10.1 Å². The minimum atomic E-state index is -4.22. The number of ether oxygens (including phenoxy) is 1. The van der Waals surface area contributed by atoms with Gasteiger partial charge in [-0.3, -0.25) is 4.79 Å². The molecule has 0 radical (unpaired) electrons. The molecule has 1 N–H and O–H groups in total. The predicted octanol–water partition coefficient (Wildman–Crippen LogP) is 0.890. The molecule has 0 saturated heterocycles. The molecule has 0 aliphatic heterocycles. The highest BCUT2D eigenvalue weighted by Crippen LogP contribution is 2.20. The highest BCUT2D eigenvalue weighted by molar-refractivity contribution is 7.92. The first-order valence-corrected chi connectivity index (χ1v) is 7.31. The molecule has 0 aliphatic rings. The number of halogens is 2. The van der Waals surface area contributed by atoms with Gasteiger partial charge in [0.05, 0.1) is 6.61 Å². The number of rotatable bonds is 6. The number of amides is 1. The predicted molar refractivity (Wildman–Crippen MR) is 67.9 cm³/mol. The summed E-state index contributed by atoms with van der Waals surface area (Å²) in [5.41, 5.74) is 0. The van der Waals surface area contributed by atoms with E-state index in [0.717, 1.165) is 19.1 Å². The summed E-state index contributed by atoms with van der Waals surface area (Å²) in [6.45, 7) is 1.50. The molecule has 0 saturated carbocycles. The Morgan fingerprint density at radius 3 is 2.60 bits per heavy atom. The summed E-state index contributed by atoms with van der Waals surface area (Å²) < 4.78 is 55.2. The smallest absolute Gasteiger partial charge is 0.238 e. The first-order valence-electron chi connectivity index (χ1n) is 5.76. The van der Waals surface area contributed by atoms with Crippen molar-refractivity contribution in [2.45, 2.75) is 17.1 Å². The van der Waals surface area contributed by atoms with Crippen LogP contribution in [0.25, 0.3) is 0 Å². The lowest BCUT2D eigenvalue weighted by atomic mass is 10.3. The molecule has 0 bridgehead atoms. The zero-order valence-electron chi connectivity index (χ0n) is 11.0. The van der Waals surface area contributed by atoms with E-state index in [2.05, 4.69) is 5.32 Å². The number of sulfone groups is 1. The van der Waals surface area contributed by atoms with Crippen LogP contribution in [0.2, 0.25) is 0 Å². The second kappa shape index (κ2) is 6.76. The van der Waals surface area contributed by atoms with Crippen LogP contribution in [0, 0.1) is 11.6 Å². The molecule has 0 aliphatic carbocycles. The van der Waals surface area contributed by atoms with Crippen molar-refractivity contribution in [3.05, 3.63) is 29.8 Å². The van der Waals surface area contributed by atoms with E-state index in [4.69, 9.17) is 4.74 Å². The zero-order valence-corrected chi connectivity index (χ0v) is 11.8. The van der Waals surface area contributed by atoms with Gasteiger partial charge in [0.25, 0.3) is 0 Å². The fraction of sp³-hybridized carbons (Fsp3) is 0.417. The Morgan fingerprint density at radius 2 is 2.05 bits per heavy atom. The van der Waals surface area contributed by atoms with Gasteiger partial charge in [-0.25, -0.2) is 17.2 Å². The van der Waals surface area contributed by atoms with E-state index < -0.39 is 37.5 Å². The van der Waals surface area contributed by atoms with E-state index in [9.17, 15) is 22.0 Å². The molecule has 1 rings (SSSR count). The van der Waals surface area contributed by atoms with Crippen molar-refractivity contribution in [3.8, 4) is 0 Å². The molecule has 112 valence electrons. The SMILES string of the molecule is COCCNC(=O)C(C)S(=O)(=O)c1ccc(F)cc1F. The molecule has 5 nitrogen and oxygen atoms in total. The second-order valence-electron chi connectivity index (χ2n) is 4.05. The Hall–Kier alpha value is -1.54. The van der Waals surface area contributed by atoms with Crippen LogP contribution in [-0.4, -0.2) is 39.8 Å².